The summed E-state index contributed by atoms with van der Waals surface area (Å²) in [6.07, 6.45) is 8.10. The van der Waals surface area contributed by atoms with Crippen molar-refractivity contribution < 1.29 is 9.53 Å². The van der Waals surface area contributed by atoms with Crippen molar-refractivity contribution in [2.24, 2.45) is 0 Å². The molecule has 0 aromatic heterocycles. The zero-order valence-corrected chi connectivity index (χ0v) is 10.7. The van der Waals surface area contributed by atoms with Gasteiger partial charge in [-0.3, -0.25) is 9.69 Å². The van der Waals surface area contributed by atoms with Gasteiger partial charge in [0.2, 0.25) is 0 Å². The van der Waals surface area contributed by atoms with Gasteiger partial charge in [0.15, 0.2) is 0 Å². The molecule has 3 aliphatic rings. The highest BCUT2D eigenvalue weighted by Gasteiger charge is 2.41. The number of hydrogen-bond donors (Lipinski definition) is 0. The molecule has 3 heteroatoms. The summed E-state index contributed by atoms with van der Waals surface area (Å²) in [6, 6.07) is 1.76. The third-order valence-electron chi connectivity index (χ3n) is 4.72. The molecular formula is C14H23NO2. The first-order chi connectivity index (χ1) is 8.24. The number of ketones is 1. The molecule has 0 aromatic carbocycles. The molecule has 4 unspecified atom stereocenters. The SMILES string of the molecule is CC1CC(N2C3CCCC2CC(=O)C3)CCO1. The van der Waals surface area contributed by atoms with Crippen molar-refractivity contribution in [3.63, 3.8) is 0 Å². The normalized spacial score (nSPS) is 43.7. The maximum absolute atomic E-state index is 11.7. The van der Waals surface area contributed by atoms with Gasteiger partial charge in [0.1, 0.15) is 5.78 Å². The Morgan fingerprint density at radius 1 is 1.12 bits per heavy atom. The van der Waals surface area contributed by atoms with Gasteiger partial charge in [0.05, 0.1) is 6.10 Å². The molecule has 0 spiro atoms. The summed E-state index contributed by atoms with van der Waals surface area (Å²) >= 11 is 0. The Labute approximate surface area is 104 Å². The molecule has 0 saturated carbocycles. The summed E-state index contributed by atoms with van der Waals surface area (Å²) in [7, 11) is 0. The summed E-state index contributed by atoms with van der Waals surface area (Å²) in [4.78, 5) is 14.4. The lowest BCUT2D eigenvalue weighted by molar-refractivity contribution is -0.131. The Kier molecular flexibility index (Phi) is 3.22. The molecule has 17 heavy (non-hydrogen) atoms. The summed E-state index contributed by atoms with van der Waals surface area (Å²) in [5.41, 5.74) is 0. The third-order valence-corrected chi connectivity index (χ3v) is 4.72. The van der Waals surface area contributed by atoms with Gasteiger partial charge in [-0.2, -0.15) is 0 Å². The second-order valence-electron chi connectivity index (χ2n) is 5.99. The molecule has 0 aliphatic carbocycles. The monoisotopic (exact) mass is 237 g/mol. The Morgan fingerprint density at radius 2 is 1.82 bits per heavy atom. The van der Waals surface area contributed by atoms with Gasteiger partial charge in [-0.1, -0.05) is 6.42 Å². The molecule has 0 aromatic rings. The van der Waals surface area contributed by atoms with E-state index in [0.717, 1.165) is 32.3 Å². The van der Waals surface area contributed by atoms with E-state index in [1.807, 2.05) is 0 Å². The Hall–Kier alpha value is -0.410. The van der Waals surface area contributed by atoms with E-state index in [4.69, 9.17) is 4.74 Å². The summed E-state index contributed by atoms with van der Waals surface area (Å²) < 4.78 is 5.65. The lowest BCUT2D eigenvalue weighted by Gasteiger charge is -2.51. The van der Waals surface area contributed by atoms with Gasteiger partial charge in [-0.25, -0.2) is 0 Å². The molecule has 3 fully saturated rings. The van der Waals surface area contributed by atoms with E-state index in [2.05, 4.69) is 11.8 Å². The molecule has 3 saturated heterocycles. The van der Waals surface area contributed by atoms with E-state index >= 15 is 0 Å². The topological polar surface area (TPSA) is 29.5 Å². The zero-order chi connectivity index (χ0) is 11.8. The van der Waals surface area contributed by atoms with Crippen LogP contribution in [0.4, 0.5) is 0 Å². The summed E-state index contributed by atoms with van der Waals surface area (Å²) in [5, 5.41) is 0. The van der Waals surface area contributed by atoms with Gasteiger partial charge in [0.25, 0.3) is 0 Å². The molecule has 3 nitrogen and oxygen atoms in total. The van der Waals surface area contributed by atoms with Crippen LogP contribution in [0.25, 0.3) is 0 Å². The largest absolute Gasteiger partial charge is 0.378 e. The molecule has 3 rings (SSSR count). The average Bonchev–Trinajstić information content (AvgIpc) is 2.27. The van der Waals surface area contributed by atoms with E-state index in [1.54, 1.807) is 0 Å². The first-order valence-corrected chi connectivity index (χ1v) is 7.15. The summed E-state index contributed by atoms with van der Waals surface area (Å²) in [5.74, 6) is 0.496. The van der Waals surface area contributed by atoms with Crippen LogP contribution in [0.1, 0.15) is 51.9 Å². The van der Waals surface area contributed by atoms with E-state index in [1.165, 1.54) is 19.3 Å². The highest BCUT2D eigenvalue weighted by atomic mass is 16.5. The average molecular weight is 237 g/mol. The number of rotatable bonds is 1. The van der Waals surface area contributed by atoms with E-state index in [0.29, 0.717) is 30.0 Å². The maximum Gasteiger partial charge on any atom is 0.136 e. The van der Waals surface area contributed by atoms with Crippen LogP contribution >= 0.6 is 0 Å². The predicted octanol–water partition coefficient (Wildman–Crippen LogP) is 2.14. The second kappa shape index (κ2) is 4.69. The first kappa shape index (κ1) is 11.7. The van der Waals surface area contributed by atoms with Gasteiger partial charge >= 0.3 is 0 Å². The number of carbonyl (C=O) groups excluding carboxylic acids is 1. The Balaban J connectivity index is 1.74. The number of hydrogen-bond acceptors (Lipinski definition) is 3. The van der Waals surface area contributed by atoms with Gasteiger partial charge in [0, 0.05) is 37.6 Å². The molecule has 3 aliphatic heterocycles. The van der Waals surface area contributed by atoms with Crippen molar-refractivity contribution in [1.82, 2.24) is 4.90 Å². The van der Waals surface area contributed by atoms with Crippen LogP contribution in [0.2, 0.25) is 0 Å². The smallest absolute Gasteiger partial charge is 0.136 e. The predicted molar refractivity (Wildman–Crippen MR) is 65.9 cm³/mol. The summed E-state index contributed by atoms with van der Waals surface area (Å²) in [6.45, 7) is 3.08. The van der Waals surface area contributed by atoms with Gasteiger partial charge in [-0.05, 0) is 32.6 Å². The number of Topliss-reactive ketones (excluding diaryl/α,β-unsaturated/α-hetero) is 1. The molecule has 0 radical (unpaired) electrons. The van der Waals surface area contributed by atoms with Crippen molar-refractivity contribution in [3.05, 3.63) is 0 Å². The zero-order valence-electron chi connectivity index (χ0n) is 10.7. The van der Waals surface area contributed by atoms with Crippen LogP contribution in [0.3, 0.4) is 0 Å². The molecule has 3 heterocycles. The van der Waals surface area contributed by atoms with Crippen molar-refractivity contribution >= 4 is 5.78 Å². The van der Waals surface area contributed by atoms with Crippen molar-refractivity contribution in [1.29, 1.82) is 0 Å². The number of fused-ring (bicyclic) bond motifs is 2. The Bertz CT molecular complexity index is 289. The highest BCUT2D eigenvalue weighted by molar-refractivity contribution is 5.80. The van der Waals surface area contributed by atoms with E-state index in [-0.39, 0.29) is 0 Å². The van der Waals surface area contributed by atoms with Crippen LogP contribution in [0.15, 0.2) is 0 Å². The minimum atomic E-state index is 0.395. The lowest BCUT2D eigenvalue weighted by atomic mass is 9.81. The highest BCUT2D eigenvalue weighted by Crippen LogP contribution is 2.36. The molecule has 0 amide bonds. The maximum atomic E-state index is 11.7. The fourth-order valence-corrected chi connectivity index (χ4v) is 4.05. The van der Waals surface area contributed by atoms with Crippen molar-refractivity contribution in [3.8, 4) is 0 Å². The fourth-order valence-electron chi connectivity index (χ4n) is 4.05. The van der Waals surface area contributed by atoms with E-state index in [9.17, 15) is 4.79 Å². The first-order valence-electron chi connectivity index (χ1n) is 7.15. The minimum Gasteiger partial charge on any atom is -0.378 e. The second-order valence-corrected chi connectivity index (χ2v) is 5.99. The Morgan fingerprint density at radius 3 is 2.47 bits per heavy atom. The number of ether oxygens (including phenoxy) is 1. The standard InChI is InChI=1S/C14H23NO2/c1-10-7-13(5-6-17-10)15-11-3-2-4-12(15)9-14(16)8-11/h10-13H,2-9H2,1H3. The van der Waals surface area contributed by atoms with Crippen LogP contribution in [-0.2, 0) is 9.53 Å². The number of nitrogens with zero attached hydrogens (tertiary/aromatic N) is 1. The minimum absolute atomic E-state index is 0.395. The third kappa shape index (κ3) is 2.27. The van der Waals surface area contributed by atoms with Gasteiger partial charge in [-0.15, -0.1) is 0 Å². The number of carbonyl (C=O) groups is 1. The molecule has 2 bridgehead atoms. The van der Waals surface area contributed by atoms with E-state index < -0.39 is 0 Å². The lowest BCUT2D eigenvalue weighted by Crippen LogP contribution is -2.58. The molecular weight excluding hydrogens is 214 g/mol. The van der Waals surface area contributed by atoms with Crippen LogP contribution in [0, 0.1) is 0 Å². The molecule has 0 N–H and O–H groups in total. The van der Waals surface area contributed by atoms with Crippen LogP contribution in [-0.4, -0.2) is 41.5 Å². The molecule has 96 valence electrons. The fraction of sp³-hybridized carbons (Fsp3) is 0.929. The van der Waals surface area contributed by atoms with Gasteiger partial charge < -0.3 is 4.74 Å². The quantitative estimate of drug-likeness (QED) is 0.700. The van der Waals surface area contributed by atoms with Crippen molar-refractivity contribution in [2.75, 3.05) is 6.61 Å². The van der Waals surface area contributed by atoms with Crippen LogP contribution < -0.4 is 0 Å². The molecule has 4 atom stereocenters. The number of piperidine rings is 2. The van der Waals surface area contributed by atoms with Crippen molar-refractivity contribution in [2.45, 2.75) is 76.1 Å². The van der Waals surface area contributed by atoms with Crippen LogP contribution in [0.5, 0.6) is 0 Å².